The van der Waals surface area contributed by atoms with Crippen LogP contribution >= 0.6 is 15.9 Å². The Morgan fingerprint density at radius 3 is 2.50 bits per heavy atom. The van der Waals surface area contributed by atoms with E-state index in [2.05, 4.69) is 15.9 Å². The van der Waals surface area contributed by atoms with Crippen LogP contribution in [0.2, 0.25) is 0 Å². The van der Waals surface area contributed by atoms with Crippen molar-refractivity contribution in [3.8, 4) is 5.75 Å². The molecule has 0 bridgehead atoms. The van der Waals surface area contributed by atoms with Crippen LogP contribution < -0.4 is 0 Å². The van der Waals surface area contributed by atoms with Crippen molar-refractivity contribution < 1.29 is 19.4 Å². The molecule has 0 atom stereocenters. The Balaban J connectivity index is 1.68. The summed E-state index contributed by atoms with van der Waals surface area (Å²) in [6.07, 6.45) is 1.39. The molecule has 2 aliphatic heterocycles. The molecule has 108 valence electrons. The average Bonchev–Trinajstić information content (AvgIpc) is 2.90. The number of aromatic hydroxyl groups is 1. The highest BCUT2D eigenvalue weighted by Gasteiger charge is 2.40. The van der Waals surface area contributed by atoms with E-state index in [4.69, 9.17) is 9.47 Å². The molecule has 3 rings (SSSR count). The SMILES string of the molecule is O=C(c1ccc(Br)c(O)c1)N1CCC2(CC1)OCCO2. The Hall–Kier alpha value is -1.11. The topological polar surface area (TPSA) is 59.0 Å². The second-order valence-electron chi connectivity index (χ2n) is 5.07. The molecule has 5 nitrogen and oxygen atoms in total. The summed E-state index contributed by atoms with van der Waals surface area (Å²) in [6.45, 7) is 2.48. The average molecular weight is 342 g/mol. The van der Waals surface area contributed by atoms with Crippen molar-refractivity contribution in [3.05, 3.63) is 28.2 Å². The first-order valence-corrected chi connectivity index (χ1v) is 7.45. The van der Waals surface area contributed by atoms with E-state index in [9.17, 15) is 9.90 Å². The van der Waals surface area contributed by atoms with Gasteiger partial charge in [0.2, 0.25) is 0 Å². The third-order valence-electron chi connectivity index (χ3n) is 3.82. The van der Waals surface area contributed by atoms with Crippen LogP contribution in [0, 0.1) is 0 Å². The van der Waals surface area contributed by atoms with Crippen LogP contribution in [-0.2, 0) is 9.47 Å². The fraction of sp³-hybridized carbons (Fsp3) is 0.500. The van der Waals surface area contributed by atoms with Gasteiger partial charge in [0.1, 0.15) is 5.75 Å². The van der Waals surface area contributed by atoms with E-state index in [1.807, 2.05) is 0 Å². The van der Waals surface area contributed by atoms with Gasteiger partial charge in [0.15, 0.2) is 5.79 Å². The molecule has 1 N–H and O–H groups in total. The highest BCUT2D eigenvalue weighted by Crippen LogP contribution is 2.32. The highest BCUT2D eigenvalue weighted by atomic mass is 79.9. The van der Waals surface area contributed by atoms with Crippen LogP contribution in [0.4, 0.5) is 0 Å². The molecule has 20 heavy (non-hydrogen) atoms. The van der Waals surface area contributed by atoms with Crippen LogP contribution in [0.5, 0.6) is 5.75 Å². The molecule has 2 aliphatic rings. The Kier molecular flexibility index (Phi) is 3.70. The number of likely N-dealkylation sites (tertiary alicyclic amines) is 1. The number of carbonyl (C=O) groups excluding carboxylic acids is 1. The largest absolute Gasteiger partial charge is 0.507 e. The normalized spacial score (nSPS) is 21.4. The van der Waals surface area contributed by atoms with Crippen LogP contribution in [0.15, 0.2) is 22.7 Å². The summed E-state index contributed by atoms with van der Waals surface area (Å²) in [5.41, 5.74) is 0.495. The fourth-order valence-corrected chi connectivity index (χ4v) is 2.91. The standard InChI is InChI=1S/C14H16BrNO4/c15-11-2-1-10(9-12(11)17)13(18)16-5-3-14(4-6-16)19-7-8-20-14/h1-2,9,17H,3-8H2. The van der Waals surface area contributed by atoms with Gasteiger partial charge in [-0.05, 0) is 34.1 Å². The van der Waals surface area contributed by atoms with Gasteiger partial charge in [-0.2, -0.15) is 0 Å². The number of rotatable bonds is 1. The molecule has 0 radical (unpaired) electrons. The summed E-state index contributed by atoms with van der Waals surface area (Å²) >= 11 is 3.21. The van der Waals surface area contributed by atoms with Crippen molar-refractivity contribution in [1.29, 1.82) is 0 Å². The van der Waals surface area contributed by atoms with Crippen LogP contribution in [0.1, 0.15) is 23.2 Å². The lowest BCUT2D eigenvalue weighted by molar-refractivity contribution is -0.181. The predicted molar refractivity (Wildman–Crippen MR) is 75.6 cm³/mol. The molecule has 1 amide bonds. The molecule has 0 aromatic heterocycles. The van der Waals surface area contributed by atoms with Gasteiger partial charge >= 0.3 is 0 Å². The van der Waals surface area contributed by atoms with Crippen molar-refractivity contribution in [2.45, 2.75) is 18.6 Å². The van der Waals surface area contributed by atoms with Gasteiger partial charge in [0.25, 0.3) is 5.91 Å². The Bertz CT molecular complexity index is 518. The first-order valence-electron chi connectivity index (χ1n) is 6.65. The van der Waals surface area contributed by atoms with Gasteiger partial charge in [0.05, 0.1) is 17.7 Å². The number of ether oxygens (including phenoxy) is 2. The van der Waals surface area contributed by atoms with E-state index in [1.165, 1.54) is 6.07 Å². The second-order valence-corrected chi connectivity index (χ2v) is 5.92. The fourth-order valence-electron chi connectivity index (χ4n) is 2.66. The van der Waals surface area contributed by atoms with E-state index in [-0.39, 0.29) is 11.7 Å². The van der Waals surface area contributed by atoms with E-state index in [0.717, 1.165) is 0 Å². The molecule has 2 heterocycles. The van der Waals surface area contributed by atoms with Crippen molar-refractivity contribution >= 4 is 21.8 Å². The molecule has 2 saturated heterocycles. The predicted octanol–water partition coefficient (Wildman–Crippen LogP) is 2.13. The van der Waals surface area contributed by atoms with Crippen molar-refractivity contribution in [1.82, 2.24) is 4.90 Å². The summed E-state index contributed by atoms with van der Waals surface area (Å²) in [4.78, 5) is 14.2. The maximum absolute atomic E-state index is 12.4. The Labute approximate surface area is 125 Å². The number of amides is 1. The zero-order valence-electron chi connectivity index (χ0n) is 11.0. The number of benzene rings is 1. The van der Waals surface area contributed by atoms with Gasteiger partial charge in [-0.15, -0.1) is 0 Å². The van der Waals surface area contributed by atoms with Crippen LogP contribution in [-0.4, -0.2) is 48.0 Å². The molecular weight excluding hydrogens is 326 g/mol. The first kappa shape index (κ1) is 13.9. The number of nitrogens with zero attached hydrogens (tertiary/aromatic N) is 1. The monoisotopic (exact) mass is 341 g/mol. The smallest absolute Gasteiger partial charge is 0.253 e. The molecule has 6 heteroatoms. The number of phenolic OH excluding ortho intramolecular Hbond substituents is 1. The maximum atomic E-state index is 12.4. The summed E-state index contributed by atoms with van der Waals surface area (Å²) < 4.78 is 11.9. The van der Waals surface area contributed by atoms with Gasteiger partial charge in [0, 0.05) is 31.5 Å². The highest BCUT2D eigenvalue weighted by molar-refractivity contribution is 9.10. The zero-order valence-corrected chi connectivity index (χ0v) is 12.6. The molecule has 1 aromatic carbocycles. The second kappa shape index (κ2) is 5.35. The van der Waals surface area contributed by atoms with Gasteiger partial charge in [-0.1, -0.05) is 0 Å². The minimum atomic E-state index is -0.474. The Morgan fingerprint density at radius 2 is 1.90 bits per heavy atom. The molecule has 0 unspecified atom stereocenters. The maximum Gasteiger partial charge on any atom is 0.253 e. The summed E-state index contributed by atoms with van der Waals surface area (Å²) in [5.74, 6) is -0.467. The van der Waals surface area contributed by atoms with Crippen molar-refractivity contribution in [3.63, 3.8) is 0 Å². The lowest BCUT2D eigenvalue weighted by Crippen LogP contribution is -2.47. The quantitative estimate of drug-likeness (QED) is 0.850. The molecule has 0 saturated carbocycles. The van der Waals surface area contributed by atoms with Crippen molar-refractivity contribution in [2.24, 2.45) is 0 Å². The van der Waals surface area contributed by atoms with Crippen LogP contribution in [0.3, 0.4) is 0 Å². The number of halogens is 1. The van der Waals surface area contributed by atoms with Crippen LogP contribution in [0.25, 0.3) is 0 Å². The molecule has 0 aliphatic carbocycles. The first-order chi connectivity index (χ1) is 9.60. The summed E-state index contributed by atoms with van der Waals surface area (Å²) in [6, 6.07) is 4.87. The zero-order chi connectivity index (χ0) is 14.2. The molecule has 1 spiro atoms. The van der Waals surface area contributed by atoms with E-state index >= 15 is 0 Å². The number of piperidine rings is 1. The lowest BCUT2D eigenvalue weighted by atomic mass is 10.0. The van der Waals surface area contributed by atoms with E-state index in [1.54, 1.807) is 17.0 Å². The van der Waals surface area contributed by atoms with E-state index in [0.29, 0.717) is 49.2 Å². The van der Waals surface area contributed by atoms with Gasteiger partial charge in [-0.25, -0.2) is 0 Å². The number of carbonyl (C=O) groups is 1. The summed E-state index contributed by atoms with van der Waals surface area (Å²) in [7, 11) is 0. The third-order valence-corrected chi connectivity index (χ3v) is 4.49. The minimum absolute atomic E-state index is 0.0688. The number of phenols is 1. The third kappa shape index (κ3) is 2.55. The van der Waals surface area contributed by atoms with E-state index < -0.39 is 5.79 Å². The summed E-state index contributed by atoms with van der Waals surface area (Å²) in [5, 5.41) is 9.66. The molecule has 1 aromatic rings. The molecular formula is C14H16BrNO4. The van der Waals surface area contributed by atoms with Gasteiger partial charge < -0.3 is 19.5 Å². The molecule has 2 fully saturated rings. The number of hydrogen-bond acceptors (Lipinski definition) is 4. The minimum Gasteiger partial charge on any atom is -0.507 e. The van der Waals surface area contributed by atoms with Crippen molar-refractivity contribution in [2.75, 3.05) is 26.3 Å². The lowest BCUT2D eigenvalue weighted by Gasteiger charge is -2.37. The Morgan fingerprint density at radius 1 is 1.25 bits per heavy atom. The van der Waals surface area contributed by atoms with Gasteiger partial charge in [-0.3, -0.25) is 4.79 Å². The number of hydrogen-bond donors (Lipinski definition) is 1.